The van der Waals surface area contributed by atoms with Gasteiger partial charge in [-0.3, -0.25) is 4.79 Å². The number of amides is 3. The molecule has 3 amide bonds. The van der Waals surface area contributed by atoms with Gasteiger partial charge in [0.1, 0.15) is 6.61 Å². The maximum Gasteiger partial charge on any atom is 0.406 e. The molecule has 0 radical (unpaired) electrons. The molecule has 1 unspecified atom stereocenters. The maximum absolute atomic E-state index is 12.9. The average Bonchev–Trinajstić information content (AvgIpc) is 2.80. The molecule has 0 aliphatic carbocycles. The third kappa shape index (κ3) is 3.67. The number of likely N-dealkylation sites (tertiary alicyclic amines) is 1. The van der Waals surface area contributed by atoms with E-state index < -0.39 is 42.7 Å². The van der Waals surface area contributed by atoms with Gasteiger partial charge >= 0.3 is 24.3 Å². The Hall–Kier alpha value is -2.20. The number of carboxylic acid groups (broad SMARTS) is 1. The predicted molar refractivity (Wildman–Crippen MR) is 61.2 cm³/mol. The van der Waals surface area contributed by atoms with Gasteiger partial charge in [0.15, 0.2) is 5.41 Å². The van der Waals surface area contributed by atoms with Gasteiger partial charge in [0, 0.05) is 13.1 Å². The number of ether oxygens (including phenoxy) is 1. The van der Waals surface area contributed by atoms with Crippen molar-refractivity contribution in [2.45, 2.75) is 12.6 Å². The number of nitrogens with two attached hydrogens (primary N) is 1. The lowest BCUT2D eigenvalue weighted by molar-refractivity contribution is -0.226. The van der Waals surface area contributed by atoms with E-state index in [2.05, 4.69) is 15.8 Å². The number of carboxylic acids is 1. The summed E-state index contributed by atoms with van der Waals surface area (Å²) in [5, 5.41) is 11.0. The van der Waals surface area contributed by atoms with E-state index in [-0.39, 0.29) is 19.7 Å². The molecule has 1 aliphatic heterocycles. The molecule has 0 aromatic rings. The van der Waals surface area contributed by atoms with Gasteiger partial charge in [0.25, 0.3) is 0 Å². The molecule has 1 heterocycles. The third-order valence-electron chi connectivity index (χ3n) is 3.13. The molecule has 0 aromatic heterocycles. The number of urea groups is 1. The van der Waals surface area contributed by atoms with Crippen LogP contribution in [-0.4, -0.2) is 60.5 Å². The van der Waals surface area contributed by atoms with E-state index in [1.807, 2.05) is 0 Å². The van der Waals surface area contributed by atoms with Crippen molar-refractivity contribution in [3.63, 3.8) is 0 Å². The van der Waals surface area contributed by atoms with E-state index >= 15 is 0 Å². The Bertz CT molecular complexity index is 442. The number of nitrogens with zero attached hydrogens (tertiary/aromatic N) is 1. The molecule has 0 aromatic carbocycles. The minimum Gasteiger partial charge on any atom is -0.481 e. The monoisotopic (exact) mass is 313 g/mol. The molecular weight excluding hydrogens is 299 g/mol. The van der Waals surface area contributed by atoms with Crippen LogP contribution in [0, 0.1) is 5.41 Å². The molecular formula is C10H14F3N3O5. The van der Waals surface area contributed by atoms with Crippen molar-refractivity contribution in [2.75, 3.05) is 26.2 Å². The lowest BCUT2D eigenvalue weighted by Crippen LogP contribution is -2.49. The van der Waals surface area contributed by atoms with Crippen LogP contribution in [0.5, 0.6) is 0 Å². The van der Waals surface area contributed by atoms with Gasteiger partial charge in [-0.25, -0.2) is 9.59 Å². The standard InChI is InChI=1S/C10H14F3N3O5/c11-10(12,13)9(6(17)18)1-3-16(5-9)8(20)15-2-4-21-7(14)19/h1-5H2,(H2,14,19)(H,15,20)(H,17,18). The zero-order chi connectivity index (χ0) is 16.3. The number of halogens is 3. The highest BCUT2D eigenvalue weighted by Crippen LogP contribution is 2.45. The summed E-state index contributed by atoms with van der Waals surface area (Å²) in [5.41, 5.74) is 1.72. The van der Waals surface area contributed by atoms with E-state index in [1.165, 1.54) is 0 Å². The van der Waals surface area contributed by atoms with Gasteiger partial charge in [0.2, 0.25) is 0 Å². The molecule has 1 aliphatic rings. The fourth-order valence-electron chi connectivity index (χ4n) is 1.93. The summed E-state index contributed by atoms with van der Waals surface area (Å²) in [6, 6.07) is -0.865. The average molecular weight is 313 g/mol. The van der Waals surface area contributed by atoms with Crippen LogP contribution >= 0.6 is 0 Å². The topological polar surface area (TPSA) is 122 Å². The Kier molecular flexibility index (Phi) is 4.86. The Morgan fingerprint density at radius 2 is 2.00 bits per heavy atom. The van der Waals surface area contributed by atoms with E-state index in [9.17, 15) is 27.6 Å². The van der Waals surface area contributed by atoms with E-state index in [1.54, 1.807) is 0 Å². The molecule has 120 valence electrons. The minimum absolute atomic E-state index is 0.148. The first-order valence-electron chi connectivity index (χ1n) is 5.85. The van der Waals surface area contributed by atoms with Crippen LogP contribution in [0.2, 0.25) is 0 Å². The van der Waals surface area contributed by atoms with Crippen LogP contribution in [-0.2, 0) is 9.53 Å². The van der Waals surface area contributed by atoms with Crippen molar-refractivity contribution in [3.8, 4) is 0 Å². The number of nitrogens with one attached hydrogen (secondary N) is 1. The van der Waals surface area contributed by atoms with Crippen molar-refractivity contribution in [3.05, 3.63) is 0 Å². The Morgan fingerprint density at radius 3 is 2.43 bits per heavy atom. The van der Waals surface area contributed by atoms with Crippen LogP contribution < -0.4 is 11.1 Å². The van der Waals surface area contributed by atoms with E-state index in [0.29, 0.717) is 0 Å². The summed E-state index contributed by atoms with van der Waals surface area (Å²) in [5.74, 6) is -2.01. The highest BCUT2D eigenvalue weighted by molar-refractivity contribution is 5.80. The quantitative estimate of drug-likeness (QED) is 0.637. The van der Waals surface area contributed by atoms with E-state index in [0.717, 1.165) is 4.90 Å². The van der Waals surface area contributed by atoms with Crippen LogP contribution in [0.1, 0.15) is 6.42 Å². The molecule has 0 saturated carbocycles. The largest absolute Gasteiger partial charge is 0.481 e. The molecule has 1 saturated heterocycles. The number of carbonyl (C=O) groups is 3. The van der Waals surface area contributed by atoms with Gasteiger partial charge in [-0.1, -0.05) is 0 Å². The van der Waals surface area contributed by atoms with Gasteiger partial charge in [-0.15, -0.1) is 0 Å². The van der Waals surface area contributed by atoms with Crippen LogP contribution in [0.3, 0.4) is 0 Å². The first-order valence-corrected chi connectivity index (χ1v) is 5.85. The fraction of sp³-hybridized carbons (Fsp3) is 0.700. The summed E-state index contributed by atoms with van der Waals surface area (Å²) in [4.78, 5) is 33.5. The molecule has 1 atom stereocenters. The lowest BCUT2D eigenvalue weighted by atomic mass is 9.86. The van der Waals surface area contributed by atoms with Crippen molar-refractivity contribution >= 4 is 18.1 Å². The highest BCUT2D eigenvalue weighted by Gasteiger charge is 2.64. The molecule has 1 fully saturated rings. The fourth-order valence-corrected chi connectivity index (χ4v) is 1.93. The Labute approximate surface area is 117 Å². The second-order valence-electron chi connectivity index (χ2n) is 4.46. The number of hydrogen-bond donors (Lipinski definition) is 3. The second-order valence-corrected chi connectivity index (χ2v) is 4.46. The number of alkyl halides is 3. The van der Waals surface area contributed by atoms with Gasteiger partial charge in [-0.05, 0) is 6.42 Å². The first kappa shape index (κ1) is 16.9. The van der Waals surface area contributed by atoms with Crippen molar-refractivity contribution < 1.29 is 37.4 Å². The predicted octanol–water partition coefficient (Wildman–Crippen LogP) is 0.130. The van der Waals surface area contributed by atoms with Crippen molar-refractivity contribution in [2.24, 2.45) is 11.1 Å². The van der Waals surface area contributed by atoms with Gasteiger partial charge < -0.3 is 25.8 Å². The number of rotatable bonds is 4. The SMILES string of the molecule is NC(=O)OCCNC(=O)N1CCC(C(=O)O)(C(F)(F)F)C1. The summed E-state index contributed by atoms with van der Waals surface area (Å²) in [6.07, 6.45) is -6.72. The van der Waals surface area contributed by atoms with Crippen molar-refractivity contribution in [1.82, 2.24) is 10.2 Å². The molecule has 21 heavy (non-hydrogen) atoms. The summed E-state index contributed by atoms with van der Waals surface area (Å²) < 4.78 is 43.0. The lowest BCUT2D eigenvalue weighted by Gasteiger charge is -2.27. The van der Waals surface area contributed by atoms with Crippen LogP contribution in [0.4, 0.5) is 22.8 Å². The smallest absolute Gasteiger partial charge is 0.406 e. The molecule has 1 rings (SSSR count). The van der Waals surface area contributed by atoms with E-state index in [4.69, 9.17) is 5.11 Å². The summed E-state index contributed by atoms with van der Waals surface area (Å²) in [7, 11) is 0. The van der Waals surface area contributed by atoms with Crippen molar-refractivity contribution in [1.29, 1.82) is 0 Å². The molecule has 0 spiro atoms. The zero-order valence-electron chi connectivity index (χ0n) is 10.8. The Balaban J connectivity index is 2.58. The third-order valence-corrected chi connectivity index (χ3v) is 3.13. The number of carbonyl (C=O) groups excluding carboxylic acids is 2. The van der Waals surface area contributed by atoms with Gasteiger partial charge in [0.05, 0.1) is 6.54 Å². The number of primary amides is 1. The van der Waals surface area contributed by atoms with Gasteiger partial charge in [-0.2, -0.15) is 13.2 Å². The molecule has 4 N–H and O–H groups in total. The normalized spacial score (nSPS) is 22.0. The molecule has 11 heteroatoms. The second kappa shape index (κ2) is 6.06. The van der Waals surface area contributed by atoms with Crippen LogP contribution in [0.25, 0.3) is 0 Å². The number of hydrogen-bond acceptors (Lipinski definition) is 4. The first-order chi connectivity index (χ1) is 9.60. The summed E-state index contributed by atoms with van der Waals surface area (Å²) >= 11 is 0. The molecule has 8 nitrogen and oxygen atoms in total. The molecule has 0 bridgehead atoms. The minimum atomic E-state index is -4.96. The highest BCUT2D eigenvalue weighted by atomic mass is 19.4. The van der Waals surface area contributed by atoms with Crippen LogP contribution in [0.15, 0.2) is 0 Å². The number of aliphatic carboxylic acids is 1. The maximum atomic E-state index is 12.9. The zero-order valence-corrected chi connectivity index (χ0v) is 10.8. The summed E-state index contributed by atoms with van der Waals surface area (Å²) in [6.45, 7) is -1.69. The Morgan fingerprint density at radius 1 is 1.38 bits per heavy atom.